The summed E-state index contributed by atoms with van der Waals surface area (Å²) in [5.41, 5.74) is 1.79. The number of nitro groups is 1. The Balaban J connectivity index is 1.97. The Morgan fingerprint density at radius 3 is 2.60 bits per heavy atom. The number of carbonyl (C=O) groups is 1. The van der Waals surface area contributed by atoms with Gasteiger partial charge in [0.2, 0.25) is 5.91 Å². The minimum Gasteiger partial charge on any atom is -0.273 e. The molecule has 0 spiro atoms. The maximum atomic E-state index is 12.6. The zero-order valence-corrected chi connectivity index (χ0v) is 12.7. The van der Waals surface area contributed by atoms with Gasteiger partial charge in [-0.25, -0.2) is 5.43 Å². The van der Waals surface area contributed by atoms with Crippen molar-refractivity contribution in [1.82, 2.24) is 5.43 Å². The van der Waals surface area contributed by atoms with Gasteiger partial charge in [0.25, 0.3) is 5.69 Å². The highest BCUT2D eigenvalue weighted by Gasteiger charge is 2.30. The third kappa shape index (κ3) is 5.41. The summed E-state index contributed by atoms with van der Waals surface area (Å²) in [6.07, 6.45) is -3.56. The first kappa shape index (κ1) is 18.1. The SMILES string of the molecule is O=C(Cc1cccc(C(F)(F)F)c1)N/N=C\c1cccc([N+](=O)[O-])c1. The van der Waals surface area contributed by atoms with Crippen LogP contribution in [0.5, 0.6) is 0 Å². The molecule has 130 valence electrons. The summed E-state index contributed by atoms with van der Waals surface area (Å²) >= 11 is 0. The van der Waals surface area contributed by atoms with E-state index in [1.54, 1.807) is 6.07 Å². The van der Waals surface area contributed by atoms with Crippen LogP contribution in [0.25, 0.3) is 0 Å². The number of hydrazone groups is 1. The van der Waals surface area contributed by atoms with Gasteiger partial charge in [-0.15, -0.1) is 0 Å². The van der Waals surface area contributed by atoms with Crippen molar-refractivity contribution in [1.29, 1.82) is 0 Å². The molecule has 2 aromatic rings. The van der Waals surface area contributed by atoms with Gasteiger partial charge in [0.1, 0.15) is 0 Å². The number of hydrogen-bond acceptors (Lipinski definition) is 4. The molecule has 9 heteroatoms. The molecule has 0 aliphatic carbocycles. The maximum Gasteiger partial charge on any atom is 0.416 e. The number of benzene rings is 2. The van der Waals surface area contributed by atoms with Crippen LogP contribution in [0.1, 0.15) is 16.7 Å². The molecule has 0 atom stereocenters. The number of hydrogen-bond donors (Lipinski definition) is 1. The van der Waals surface area contributed by atoms with Crippen LogP contribution in [0.15, 0.2) is 53.6 Å². The molecular formula is C16H12F3N3O3. The Kier molecular flexibility index (Phi) is 5.48. The highest BCUT2D eigenvalue weighted by molar-refractivity contribution is 5.83. The largest absolute Gasteiger partial charge is 0.416 e. The molecule has 0 heterocycles. The predicted octanol–water partition coefficient (Wildman–Crippen LogP) is 3.31. The highest BCUT2D eigenvalue weighted by Crippen LogP contribution is 2.29. The second kappa shape index (κ2) is 7.56. The Hall–Kier alpha value is -3.23. The van der Waals surface area contributed by atoms with Crippen LogP contribution in [-0.2, 0) is 17.4 Å². The van der Waals surface area contributed by atoms with Crippen LogP contribution >= 0.6 is 0 Å². The summed E-state index contributed by atoms with van der Waals surface area (Å²) in [7, 11) is 0. The molecule has 0 saturated heterocycles. The summed E-state index contributed by atoms with van der Waals surface area (Å²) in [5.74, 6) is -0.610. The molecule has 0 aliphatic heterocycles. The number of rotatable bonds is 5. The van der Waals surface area contributed by atoms with E-state index >= 15 is 0 Å². The number of non-ortho nitro benzene ring substituents is 1. The minimum atomic E-state index is -4.48. The predicted molar refractivity (Wildman–Crippen MR) is 84.0 cm³/mol. The second-order valence-corrected chi connectivity index (χ2v) is 5.02. The monoisotopic (exact) mass is 351 g/mol. The fourth-order valence-corrected chi connectivity index (χ4v) is 1.98. The molecule has 0 fully saturated rings. The van der Waals surface area contributed by atoms with Crippen molar-refractivity contribution >= 4 is 17.8 Å². The van der Waals surface area contributed by atoms with Gasteiger partial charge in [-0.1, -0.05) is 30.3 Å². The molecule has 0 aliphatic rings. The van der Waals surface area contributed by atoms with Crippen LogP contribution in [0.2, 0.25) is 0 Å². The van der Waals surface area contributed by atoms with Crippen molar-refractivity contribution in [2.45, 2.75) is 12.6 Å². The van der Waals surface area contributed by atoms with E-state index in [0.29, 0.717) is 5.56 Å². The molecule has 0 aromatic heterocycles. The summed E-state index contributed by atoms with van der Waals surface area (Å²) in [4.78, 5) is 21.8. The standard InChI is InChI=1S/C16H12F3N3O3/c17-16(18,19)13-5-1-3-11(7-13)9-15(23)21-20-10-12-4-2-6-14(8-12)22(24)25/h1-8,10H,9H2,(H,21,23)/b20-10-. The van der Waals surface area contributed by atoms with E-state index in [-0.39, 0.29) is 17.7 Å². The number of halogens is 3. The number of nitrogens with zero attached hydrogens (tertiary/aromatic N) is 2. The van der Waals surface area contributed by atoms with E-state index in [2.05, 4.69) is 10.5 Å². The summed E-state index contributed by atoms with van der Waals surface area (Å²) in [6.45, 7) is 0. The van der Waals surface area contributed by atoms with Crippen molar-refractivity contribution in [3.05, 3.63) is 75.3 Å². The number of alkyl halides is 3. The lowest BCUT2D eigenvalue weighted by Crippen LogP contribution is -2.20. The average Bonchev–Trinajstić information content (AvgIpc) is 2.54. The summed E-state index contributed by atoms with van der Waals surface area (Å²) in [6, 6.07) is 10.0. The van der Waals surface area contributed by atoms with Crippen molar-refractivity contribution in [2.75, 3.05) is 0 Å². The van der Waals surface area contributed by atoms with Crippen molar-refractivity contribution < 1.29 is 22.9 Å². The molecule has 0 saturated carbocycles. The lowest BCUT2D eigenvalue weighted by molar-refractivity contribution is -0.384. The van der Waals surface area contributed by atoms with Crippen LogP contribution in [0, 0.1) is 10.1 Å². The van der Waals surface area contributed by atoms with Crippen LogP contribution in [0.4, 0.5) is 18.9 Å². The normalized spacial score (nSPS) is 11.5. The van der Waals surface area contributed by atoms with Gasteiger partial charge in [-0.3, -0.25) is 14.9 Å². The second-order valence-electron chi connectivity index (χ2n) is 5.02. The fraction of sp³-hybridized carbons (Fsp3) is 0.125. The lowest BCUT2D eigenvalue weighted by atomic mass is 10.1. The Bertz CT molecular complexity index is 820. The molecule has 1 N–H and O–H groups in total. The number of nitrogens with one attached hydrogen (secondary N) is 1. The summed E-state index contributed by atoms with van der Waals surface area (Å²) in [5, 5.41) is 14.3. The molecule has 25 heavy (non-hydrogen) atoms. The van der Waals surface area contributed by atoms with Gasteiger partial charge in [0, 0.05) is 17.7 Å². The van der Waals surface area contributed by atoms with Gasteiger partial charge in [-0.05, 0) is 11.6 Å². The molecule has 1 amide bonds. The van der Waals surface area contributed by atoms with Crippen molar-refractivity contribution in [2.24, 2.45) is 5.10 Å². The first-order chi connectivity index (χ1) is 11.8. The first-order valence-electron chi connectivity index (χ1n) is 6.98. The van der Waals surface area contributed by atoms with Gasteiger partial charge in [0.15, 0.2) is 0 Å². The molecular weight excluding hydrogens is 339 g/mol. The molecule has 0 radical (unpaired) electrons. The van der Waals surface area contributed by atoms with E-state index in [0.717, 1.165) is 12.1 Å². The highest BCUT2D eigenvalue weighted by atomic mass is 19.4. The molecule has 2 aromatic carbocycles. The fourth-order valence-electron chi connectivity index (χ4n) is 1.98. The van der Waals surface area contributed by atoms with Gasteiger partial charge in [0.05, 0.1) is 23.1 Å². The topological polar surface area (TPSA) is 84.6 Å². The smallest absolute Gasteiger partial charge is 0.273 e. The number of nitro benzene ring substituents is 1. The first-order valence-corrected chi connectivity index (χ1v) is 6.98. The Morgan fingerprint density at radius 1 is 1.20 bits per heavy atom. The van der Waals surface area contributed by atoms with Gasteiger partial charge < -0.3 is 0 Å². The van der Waals surface area contributed by atoms with Crippen molar-refractivity contribution in [3.63, 3.8) is 0 Å². The zero-order valence-electron chi connectivity index (χ0n) is 12.7. The van der Waals surface area contributed by atoms with Crippen molar-refractivity contribution in [3.8, 4) is 0 Å². The Labute approximate surface area is 140 Å². The van der Waals surface area contributed by atoms with E-state index in [9.17, 15) is 28.1 Å². The molecule has 2 rings (SSSR count). The van der Waals surface area contributed by atoms with E-state index in [1.807, 2.05) is 0 Å². The maximum absolute atomic E-state index is 12.6. The summed E-state index contributed by atoms with van der Waals surface area (Å²) < 4.78 is 37.8. The molecule has 0 bridgehead atoms. The lowest BCUT2D eigenvalue weighted by Gasteiger charge is -2.08. The Morgan fingerprint density at radius 2 is 1.92 bits per heavy atom. The van der Waals surface area contributed by atoms with Gasteiger partial charge >= 0.3 is 6.18 Å². The third-order valence-corrected chi connectivity index (χ3v) is 3.10. The molecule has 0 unspecified atom stereocenters. The van der Waals surface area contributed by atoms with Crippen LogP contribution in [-0.4, -0.2) is 17.0 Å². The van der Waals surface area contributed by atoms with E-state index < -0.39 is 22.6 Å². The number of carbonyl (C=O) groups excluding carboxylic acids is 1. The molecule has 6 nitrogen and oxygen atoms in total. The van der Waals surface area contributed by atoms with E-state index in [4.69, 9.17) is 0 Å². The van der Waals surface area contributed by atoms with Gasteiger partial charge in [-0.2, -0.15) is 18.3 Å². The van der Waals surface area contributed by atoms with Crippen LogP contribution < -0.4 is 5.43 Å². The zero-order chi connectivity index (χ0) is 18.4. The minimum absolute atomic E-state index is 0.126. The van der Waals surface area contributed by atoms with Crippen LogP contribution in [0.3, 0.4) is 0 Å². The van der Waals surface area contributed by atoms with E-state index in [1.165, 1.54) is 36.5 Å². The number of amides is 1. The third-order valence-electron chi connectivity index (χ3n) is 3.10. The average molecular weight is 351 g/mol. The quantitative estimate of drug-likeness (QED) is 0.509.